The number of aliphatic hydroxyl groups is 1. The molecule has 0 bridgehead atoms. The van der Waals surface area contributed by atoms with Crippen LogP contribution in [0.5, 0.6) is 5.75 Å². The molecule has 3 N–H and O–H groups in total. The number of halogens is 1. The molecule has 0 unspecified atom stereocenters. The van der Waals surface area contributed by atoms with Crippen LogP contribution >= 0.6 is 11.6 Å². The monoisotopic (exact) mass is 585 g/mol. The molecule has 3 aromatic heterocycles. The van der Waals surface area contributed by atoms with Crippen LogP contribution in [0.2, 0.25) is 5.02 Å². The molecule has 10 heteroatoms. The van der Waals surface area contributed by atoms with Gasteiger partial charge in [-0.2, -0.15) is 0 Å². The van der Waals surface area contributed by atoms with Crippen LogP contribution in [-0.4, -0.2) is 49.5 Å². The SMILES string of the molecule is CC(C)COc1ccc(Cl)cc1Cc1nc(-c2nc3ccc(CCO)cc3[nH]2)co1.O=CCc1ccc2[nH]cnc2c1. The molecule has 0 saturated carbocycles. The van der Waals surface area contributed by atoms with Gasteiger partial charge in [-0.3, -0.25) is 0 Å². The highest BCUT2D eigenvalue weighted by atomic mass is 35.5. The van der Waals surface area contributed by atoms with Crippen molar-refractivity contribution in [3.05, 3.63) is 94.8 Å². The Labute approximate surface area is 248 Å². The first kappa shape index (κ1) is 29.0. The van der Waals surface area contributed by atoms with Gasteiger partial charge in [-0.25, -0.2) is 15.0 Å². The van der Waals surface area contributed by atoms with Crippen LogP contribution < -0.4 is 4.74 Å². The van der Waals surface area contributed by atoms with Crippen molar-refractivity contribution in [2.24, 2.45) is 5.92 Å². The molecular formula is C32H32ClN5O4. The number of carbonyl (C=O) groups excluding carboxylic acids is 1. The maximum absolute atomic E-state index is 10.2. The van der Waals surface area contributed by atoms with E-state index >= 15 is 0 Å². The van der Waals surface area contributed by atoms with E-state index < -0.39 is 0 Å². The summed E-state index contributed by atoms with van der Waals surface area (Å²) in [5.41, 5.74) is 7.28. The second-order valence-corrected chi connectivity index (χ2v) is 10.7. The fourth-order valence-corrected chi connectivity index (χ4v) is 4.61. The average Bonchev–Trinajstić information content (AvgIpc) is 3.72. The Morgan fingerprint density at radius 1 is 1.02 bits per heavy atom. The van der Waals surface area contributed by atoms with Crippen molar-refractivity contribution in [3.63, 3.8) is 0 Å². The first-order chi connectivity index (χ1) is 20.4. The molecule has 3 heterocycles. The molecule has 0 atom stereocenters. The Kier molecular flexibility index (Phi) is 9.31. The maximum atomic E-state index is 10.2. The van der Waals surface area contributed by atoms with Crippen molar-refractivity contribution in [3.8, 4) is 17.3 Å². The van der Waals surface area contributed by atoms with Gasteiger partial charge >= 0.3 is 0 Å². The van der Waals surface area contributed by atoms with E-state index in [9.17, 15) is 4.79 Å². The molecule has 0 radical (unpaired) electrons. The number of aromatic nitrogens is 5. The summed E-state index contributed by atoms with van der Waals surface area (Å²) >= 11 is 6.19. The summed E-state index contributed by atoms with van der Waals surface area (Å²) in [6, 6.07) is 17.3. The van der Waals surface area contributed by atoms with E-state index in [1.807, 2.05) is 54.6 Å². The number of benzene rings is 3. The van der Waals surface area contributed by atoms with Gasteiger partial charge in [0.05, 0.1) is 41.4 Å². The molecule has 216 valence electrons. The van der Waals surface area contributed by atoms with Gasteiger partial charge in [-0.15, -0.1) is 0 Å². The normalized spacial score (nSPS) is 11.2. The van der Waals surface area contributed by atoms with Crippen molar-refractivity contribution in [1.29, 1.82) is 0 Å². The summed E-state index contributed by atoms with van der Waals surface area (Å²) < 4.78 is 11.6. The first-order valence-electron chi connectivity index (χ1n) is 13.7. The van der Waals surface area contributed by atoms with Crippen LogP contribution in [0.15, 0.2) is 71.6 Å². The van der Waals surface area contributed by atoms with Gasteiger partial charge in [0.2, 0.25) is 0 Å². The number of nitrogens with zero attached hydrogens (tertiary/aromatic N) is 3. The molecule has 0 aliphatic rings. The number of H-pyrrole nitrogens is 2. The average molecular weight is 586 g/mol. The molecule has 0 spiro atoms. The summed E-state index contributed by atoms with van der Waals surface area (Å²) in [5.74, 6) is 2.41. The molecule has 6 rings (SSSR count). The van der Waals surface area contributed by atoms with E-state index in [2.05, 4.69) is 38.8 Å². The molecule has 0 aliphatic heterocycles. The number of rotatable bonds is 10. The van der Waals surface area contributed by atoms with Crippen molar-refractivity contribution in [1.82, 2.24) is 24.9 Å². The van der Waals surface area contributed by atoms with Gasteiger partial charge in [-0.05, 0) is 65.9 Å². The third-order valence-electron chi connectivity index (χ3n) is 6.48. The highest BCUT2D eigenvalue weighted by molar-refractivity contribution is 6.30. The number of imidazole rings is 2. The lowest BCUT2D eigenvalue weighted by Crippen LogP contribution is -2.06. The molecule has 0 saturated heterocycles. The number of aromatic amines is 2. The number of aldehydes is 1. The molecule has 9 nitrogen and oxygen atoms in total. The van der Waals surface area contributed by atoms with E-state index in [0.29, 0.717) is 54.2 Å². The van der Waals surface area contributed by atoms with Crippen molar-refractivity contribution in [2.45, 2.75) is 33.1 Å². The third kappa shape index (κ3) is 7.23. The Morgan fingerprint density at radius 2 is 1.88 bits per heavy atom. The van der Waals surface area contributed by atoms with Crippen LogP contribution in [0.25, 0.3) is 33.6 Å². The standard InChI is InChI=1S/C23H24ClN3O3.C9H8N2O/c1-14(2)12-29-21-6-4-17(24)10-16(21)11-22-25-20(13-30-22)23-26-18-5-3-15(7-8-28)9-19(18)27-23;12-4-3-7-1-2-8-9(5-7)11-6-10-8/h3-6,9-10,13-14,28H,7-8,11-12H2,1-2H3,(H,26,27);1-2,4-6H,3H2,(H,10,11). The third-order valence-corrected chi connectivity index (χ3v) is 6.72. The van der Waals surface area contributed by atoms with Gasteiger partial charge in [0.15, 0.2) is 11.7 Å². The number of oxazole rings is 1. The maximum Gasteiger partial charge on any atom is 0.199 e. The number of hydrogen-bond donors (Lipinski definition) is 3. The fourth-order valence-electron chi connectivity index (χ4n) is 4.41. The van der Waals surface area contributed by atoms with E-state index in [1.54, 1.807) is 12.6 Å². The zero-order valence-corrected chi connectivity index (χ0v) is 24.2. The minimum atomic E-state index is 0.117. The van der Waals surface area contributed by atoms with Crippen LogP contribution in [0.3, 0.4) is 0 Å². The second-order valence-electron chi connectivity index (χ2n) is 10.3. The van der Waals surface area contributed by atoms with Gasteiger partial charge < -0.3 is 29.0 Å². The highest BCUT2D eigenvalue weighted by Gasteiger charge is 2.14. The molecule has 3 aromatic carbocycles. The second kappa shape index (κ2) is 13.5. The van der Waals surface area contributed by atoms with E-state index in [-0.39, 0.29) is 6.61 Å². The zero-order valence-electron chi connectivity index (χ0n) is 23.4. The Morgan fingerprint density at radius 3 is 2.69 bits per heavy atom. The number of carbonyl (C=O) groups is 1. The van der Waals surface area contributed by atoms with Crippen LogP contribution in [0.1, 0.15) is 36.4 Å². The number of nitrogens with one attached hydrogen (secondary N) is 2. The van der Waals surface area contributed by atoms with Gasteiger partial charge in [0.25, 0.3) is 0 Å². The largest absolute Gasteiger partial charge is 0.493 e. The van der Waals surface area contributed by atoms with Gasteiger partial charge in [-0.1, -0.05) is 37.6 Å². The molecule has 0 fully saturated rings. The van der Waals surface area contributed by atoms with E-state index in [0.717, 1.165) is 50.8 Å². The highest BCUT2D eigenvalue weighted by Crippen LogP contribution is 2.27. The number of aliphatic hydroxyl groups excluding tert-OH is 1. The predicted molar refractivity (Wildman–Crippen MR) is 163 cm³/mol. The summed E-state index contributed by atoms with van der Waals surface area (Å²) in [4.78, 5) is 29.8. The predicted octanol–water partition coefficient (Wildman–Crippen LogP) is 6.34. The molecular weight excluding hydrogens is 554 g/mol. The number of ether oxygens (including phenoxy) is 1. The van der Waals surface area contributed by atoms with Crippen molar-refractivity contribution < 1.29 is 19.1 Å². The lowest BCUT2D eigenvalue weighted by Gasteiger charge is -2.12. The molecule has 0 aliphatic carbocycles. The Bertz CT molecular complexity index is 1790. The Hall–Kier alpha value is -4.47. The number of fused-ring (bicyclic) bond motifs is 2. The molecule has 0 amide bonds. The summed E-state index contributed by atoms with van der Waals surface area (Å²) in [5, 5.41) is 9.77. The minimum absolute atomic E-state index is 0.117. The van der Waals surface area contributed by atoms with Crippen molar-refractivity contribution >= 4 is 40.0 Å². The lowest BCUT2D eigenvalue weighted by molar-refractivity contribution is -0.107. The summed E-state index contributed by atoms with van der Waals surface area (Å²) in [6.45, 7) is 4.96. The van der Waals surface area contributed by atoms with Crippen LogP contribution in [0.4, 0.5) is 0 Å². The van der Waals surface area contributed by atoms with Crippen LogP contribution in [0, 0.1) is 5.92 Å². The lowest BCUT2D eigenvalue weighted by atomic mass is 10.1. The smallest absolute Gasteiger partial charge is 0.199 e. The summed E-state index contributed by atoms with van der Waals surface area (Å²) in [7, 11) is 0. The summed E-state index contributed by atoms with van der Waals surface area (Å²) in [6.07, 6.45) is 5.68. The fraction of sp³-hybridized carbons (Fsp3) is 0.250. The number of hydrogen-bond acceptors (Lipinski definition) is 7. The molecule has 6 aromatic rings. The topological polar surface area (TPSA) is 130 Å². The van der Waals surface area contributed by atoms with Gasteiger partial charge in [0, 0.05) is 23.6 Å². The van der Waals surface area contributed by atoms with E-state index in [4.69, 9.17) is 25.9 Å². The Balaban J connectivity index is 0.000000244. The van der Waals surface area contributed by atoms with Crippen LogP contribution in [-0.2, 0) is 24.1 Å². The van der Waals surface area contributed by atoms with E-state index in [1.165, 1.54) is 0 Å². The first-order valence-corrected chi connectivity index (χ1v) is 14.1. The quantitative estimate of drug-likeness (QED) is 0.160. The minimum Gasteiger partial charge on any atom is -0.493 e. The molecule has 42 heavy (non-hydrogen) atoms. The van der Waals surface area contributed by atoms with Crippen molar-refractivity contribution in [2.75, 3.05) is 13.2 Å². The van der Waals surface area contributed by atoms with Gasteiger partial charge in [0.1, 0.15) is 24.0 Å². The zero-order chi connectivity index (χ0) is 29.5.